The fourth-order valence-electron chi connectivity index (χ4n) is 3.09. The molecule has 1 saturated heterocycles. The lowest BCUT2D eigenvalue weighted by Crippen LogP contribution is -2.54. The van der Waals surface area contributed by atoms with Crippen LogP contribution in [0.3, 0.4) is 0 Å². The Morgan fingerprint density at radius 2 is 1.86 bits per heavy atom. The molecular formula is C18H26O4. The number of ether oxygens (including phenoxy) is 3. The first-order valence-electron chi connectivity index (χ1n) is 8.01. The van der Waals surface area contributed by atoms with Crippen LogP contribution in [0.2, 0.25) is 0 Å². The minimum Gasteiger partial charge on any atom is -0.459 e. The number of benzene rings is 1. The maximum absolute atomic E-state index is 11.5. The molecule has 0 aliphatic carbocycles. The quantitative estimate of drug-likeness (QED) is 0.783. The van der Waals surface area contributed by atoms with Gasteiger partial charge in [-0.3, -0.25) is 4.79 Å². The third kappa shape index (κ3) is 4.08. The van der Waals surface area contributed by atoms with E-state index >= 15 is 0 Å². The molecule has 0 saturated carbocycles. The fraction of sp³-hybridized carbons (Fsp3) is 0.611. The molecule has 0 N–H and O–H groups in total. The molecule has 0 radical (unpaired) electrons. The highest BCUT2D eigenvalue weighted by molar-refractivity contribution is 5.66. The summed E-state index contributed by atoms with van der Waals surface area (Å²) in [5.41, 5.74) is 1.10. The van der Waals surface area contributed by atoms with Crippen molar-refractivity contribution in [2.75, 3.05) is 0 Å². The van der Waals surface area contributed by atoms with Crippen molar-refractivity contribution in [3.63, 3.8) is 0 Å². The van der Waals surface area contributed by atoms with Crippen molar-refractivity contribution in [3.8, 4) is 0 Å². The van der Waals surface area contributed by atoms with Gasteiger partial charge in [0.1, 0.15) is 12.2 Å². The number of hydrogen-bond donors (Lipinski definition) is 0. The summed E-state index contributed by atoms with van der Waals surface area (Å²) in [6.45, 7) is 8.07. The van der Waals surface area contributed by atoms with Gasteiger partial charge in [0.2, 0.25) is 0 Å². The molecule has 4 nitrogen and oxygen atoms in total. The van der Waals surface area contributed by atoms with Crippen LogP contribution in [0.15, 0.2) is 30.3 Å². The lowest BCUT2D eigenvalue weighted by molar-refractivity contribution is -0.222. The van der Waals surface area contributed by atoms with Crippen molar-refractivity contribution in [1.29, 1.82) is 0 Å². The lowest BCUT2D eigenvalue weighted by atomic mass is 9.87. The molecule has 1 fully saturated rings. The first-order valence-corrected chi connectivity index (χ1v) is 8.01. The number of carbonyl (C=O) groups is 1. The molecule has 0 spiro atoms. The summed E-state index contributed by atoms with van der Waals surface area (Å²) in [5, 5.41) is 0. The van der Waals surface area contributed by atoms with Gasteiger partial charge in [0.25, 0.3) is 0 Å². The largest absolute Gasteiger partial charge is 0.459 e. The van der Waals surface area contributed by atoms with Crippen LogP contribution in [0, 0.1) is 5.92 Å². The number of hydrogen-bond acceptors (Lipinski definition) is 4. The second kappa shape index (κ2) is 7.75. The molecule has 22 heavy (non-hydrogen) atoms. The molecule has 1 aliphatic heterocycles. The van der Waals surface area contributed by atoms with Crippen LogP contribution in [0.25, 0.3) is 0 Å². The van der Waals surface area contributed by atoms with Crippen molar-refractivity contribution in [2.24, 2.45) is 5.92 Å². The Kier molecular flexibility index (Phi) is 5.98. The normalized spacial score (nSPS) is 31.7. The molecule has 0 amide bonds. The number of carbonyl (C=O) groups excluding carboxylic acids is 1. The highest BCUT2D eigenvalue weighted by Crippen LogP contribution is 2.32. The average Bonchev–Trinajstić information content (AvgIpc) is 2.50. The Bertz CT molecular complexity index is 473. The molecule has 0 bridgehead atoms. The zero-order valence-corrected chi connectivity index (χ0v) is 13.8. The molecule has 0 aromatic heterocycles. The summed E-state index contributed by atoms with van der Waals surface area (Å²) < 4.78 is 17.7. The highest BCUT2D eigenvalue weighted by atomic mass is 16.6. The maximum Gasteiger partial charge on any atom is 0.303 e. The van der Waals surface area contributed by atoms with E-state index in [1.54, 1.807) is 0 Å². The summed E-state index contributed by atoms with van der Waals surface area (Å²) in [7, 11) is 0. The first kappa shape index (κ1) is 17.0. The lowest BCUT2D eigenvalue weighted by Gasteiger charge is -2.43. The Labute approximate surface area is 132 Å². The van der Waals surface area contributed by atoms with Crippen molar-refractivity contribution < 1.29 is 19.0 Å². The topological polar surface area (TPSA) is 44.8 Å². The molecule has 4 heteroatoms. The SMILES string of the molecule is CC[C@H]1O[C@H](C)[C@@H](OCc2ccccc2)[C@@H](OC(C)=O)[C@@H]1C. The zero-order chi connectivity index (χ0) is 16.1. The summed E-state index contributed by atoms with van der Waals surface area (Å²) in [4.78, 5) is 11.5. The summed E-state index contributed by atoms with van der Waals surface area (Å²) in [6.07, 6.45) is 0.372. The zero-order valence-electron chi connectivity index (χ0n) is 13.8. The van der Waals surface area contributed by atoms with Crippen LogP contribution in [-0.4, -0.2) is 30.4 Å². The second-order valence-electron chi connectivity index (χ2n) is 5.98. The Morgan fingerprint density at radius 1 is 1.18 bits per heavy atom. The molecular weight excluding hydrogens is 280 g/mol. The molecule has 1 heterocycles. The molecule has 5 atom stereocenters. The van der Waals surface area contributed by atoms with Crippen LogP contribution in [0.5, 0.6) is 0 Å². The van der Waals surface area contributed by atoms with Crippen molar-refractivity contribution >= 4 is 5.97 Å². The van der Waals surface area contributed by atoms with Gasteiger partial charge in [-0.25, -0.2) is 0 Å². The van der Waals surface area contributed by atoms with Gasteiger partial charge in [-0.15, -0.1) is 0 Å². The standard InChI is InChI=1S/C18H26O4/c1-5-16-12(2)17(22-14(4)19)18(13(3)21-16)20-11-15-9-7-6-8-10-15/h6-10,12-13,16-18H,5,11H2,1-4H3/t12-,13-,16-,17+,18-/m1/s1. The molecule has 0 unspecified atom stereocenters. The maximum atomic E-state index is 11.5. The smallest absolute Gasteiger partial charge is 0.303 e. The van der Waals surface area contributed by atoms with E-state index in [9.17, 15) is 4.79 Å². The second-order valence-corrected chi connectivity index (χ2v) is 5.98. The summed E-state index contributed by atoms with van der Waals surface area (Å²) >= 11 is 0. The van der Waals surface area contributed by atoms with E-state index in [4.69, 9.17) is 14.2 Å². The predicted molar refractivity (Wildman–Crippen MR) is 84.4 cm³/mol. The van der Waals surface area contributed by atoms with Crippen molar-refractivity contribution in [3.05, 3.63) is 35.9 Å². The predicted octanol–water partition coefficient (Wildman–Crippen LogP) is 3.34. The molecule has 122 valence electrons. The van der Waals surface area contributed by atoms with Crippen molar-refractivity contribution in [2.45, 2.75) is 65.1 Å². The van der Waals surface area contributed by atoms with Gasteiger partial charge in [0.15, 0.2) is 0 Å². The van der Waals surface area contributed by atoms with Gasteiger partial charge < -0.3 is 14.2 Å². The van der Waals surface area contributed by atoms with Gasteiger partial charge in [-0.2, -0.15) is 0 Å². The Balaban J connectivity index is 2.09. The van der Waals surface area contributed by atoms with Crippen LogP contribution in [0.1, 0.15) is 39.7 Å². The van der Waals surface area contributed by atoms with Crippen LogP contribution >= 0.6 is 0 Å². The number of esters is 1. The van der Waals surface area contributed by atoms with Crippen LogP contribution in [0.4, 0.5) is 0 Å². The average molecular weight is 306 g/mol. The van der Waals surface area contributed by atoms with E-state index in [1.807, 2.05) is 37.3 Å². The summed E-state index contributed by atoms with van der Waals surface area (Å²) in [5.74, 6) is -0.153. The Morgan fingerprint density at radius 3 is 2.45 bits per heavy atom. The van der Waals surface area contributed by atoms with Gasteiger partial charge in [0.05, 0.1) is 18.8 Å². The van der Waals surface area contributed by atoms with Gasteiger partial charge in [-0.05, 0) is 18.9 Å². The van der Waals surface area contributed by atoms with Crippen LogP contribution < -0.4 is 0 Å². The molecule has 1 aromatic carbocycles. The van der Waals surface area contributed by atoms with E-state index in [0.29, 0.717) is 6.61 Å². The number of rotatable bonds is 5. The third-order valence-electron chi connectivity index (χ3n) is 4.27. The molecule has 1 aliphatic rings. The van der Waals surface area contributed by atoms with Crippen LogP contribution in [-0.2, 0) is 25.6 Å². The van der Waals surface area contributed by atoms with Gasteiger partial charge >= 0.3 is 5.97 Å². The van der Waals surface area contributed by atoms with Gasteiger partial charge in [0, 0.05) is 12.8 Å². The molecule has 2 rings (SSSR count). The first-order chi connectivity index (χ1) is 10.5. The summed E-state index contributed by atoms with van der Waals surface area (Å²) in [6, 6.07) is 9.99. The van der Waals surface area contributed by atoms with E-state index in [0.717, 1.165) is 12.0 Å². The molecule has 1 aromatic rings. The van der Waals surface area contributed by atoms with E-state index < -0.39 is 0 Å². The van der Waals surface area contributed by atoms with E-state index in [1.165, 1.54) is 6.92 Å². The minimum atomic E-state index is -0.269. The fourth-order valence-corrected chi connectivity index (χ4v) is 3.09. The van der Waals surface area contributed by atoms with Crippen molar-refractivity contribution in [1.82, 2.24) is 0 Å². The minimum absolute atomic E-state index is 0.0934. The Hall–Kier alpha value is -1.39. The van der Waals surface area contributed by atoms with E-state index in [-0.39, 0.29) is 36.3 Å². The highest BCUT2D eigenvalue weighted by Gasteiger charge is 2.43. The van der Waals surface area contributed by atoms with Gasteiger partial charge in [-0.1, -0.05) is 44.2 Å². The monoisotopic (exact) mass is 306 g/mol. The third-order valence-corrected chi connectivity index (χ3v) is 4.27. The van der Waals surface area contributed by atoms with E-state index in [2.05, 4.69) is 13.8 Å².